The van der Waals surface area contributed by atoms with Crippen molar-refractivity contribution in [2.24, 2.45) is 0 Å². The molecule has 3 nitrogen and oxygen atoms in total. The van der Waals surface area contributed by atoms with Crippen molar-refractivity contribution in [1.82, 2.24) is 0 Å². The predicted octanol–water partition coefficient (Wildman–Crippen LogP) is 4.47. The molecule has 0 saturated heterocycles. The minimum Gasteiger partial charge on any atom is -0.481 e. The number of hydrogen-bond donors (Lipinski definition) is 1. The summed E-state index contributed by atoms with van der Waals surface area (Å²) in [7, 11) is 0. The van der Waals surface area contributed by atoms with Gasteiger partial charge in [-0.15, -0.1) is 0 Å². The summed E-state index contributed by atoms with van der Waals surface area (Å²) >= 11 is 0. The van der Waals surface area contributed by atoms with Crippen molar-refractivity contribution in [2.45, 2.75) is 70.6 Å². The highest BCUT2D eigenvalue weighted by Crippen LogP contribution is 2.45. The second kappa shape index (κ2) is 5.86. The third-order valence-corrected chi connectivity index (χ3v) is 4.97. The summed E-state index contributed by atoms with van der Waals surface area (Å²) in [6.07, 6.45) is 3.02. The van der Waals surface area contributed by atoms with Gasteiger partial charge < -0.3 is 5.11 Å². The van der Waals surface area contributed by atoms with Crippen LogP contribution in [0.3, 0.4) is 0 Å². The summed E-state index contributed by atoms with van der Waals surface area (Å²) in [4.78, 5) is 22.8. The molecule has 0 unspecified atom stereocenters. The number of carbonyl (C=O) groups is 2. The molecule has 0 bridgehead atoms. The summed E-state index contributed by atoms with van der Waals surface area (Å²) in [6, 6.07) is 6.05. The normalized spacial score (nSPS) is 18.5. The molecule has 0 spiro atoms. The standard InChI is InChI=1S/C19H26O3/c1-18(2)10-11-19(3,4)15-12-13(8-9-14(15)18)16(20)6-5-7-17(21)22/h8-9,12H,5-7,10-11H2,1-4H3,(H,21,22). The lowest BCUT2D eigenvalue weighted by atomic mass is 9.63. The van der Waals surface area contributed by atoms with Gasteiger partial charge in [-0.25, -0.2) is 0 Å². The van der Waals surface area contributed by atoms with Crippen LogP contribution in [0.4, 0.5) is 0 Å². The molecule has 0 radical (unpaired) electrons. The Morgan fingerprint density at radius 2 is 1.59 bits per heavy atom. The number of fused-ring (bicyclic) bond motifs is 1. The quantitative estimate of drug-likeness (QED) is 0.816. The second-order valence-electron chi connectivity index (χ2n) is 7.70. The molecule has 0 atom stereocenters. The lowest BCUT2D eigenvalue weighted by Gasteiger charge is -2.42. The zero-order valence-electron chi connectivity index (χ0n) is 14.0. The number of hydrogen-bond acceptors (Lipinski definition) is 2. The highest BCUT2D eigenvalue weighted by Gasteiger charge is 2.37. The Morgan fingerprint density at radius 3 is 2.18 bits per heavy atom. The van der Waals surface area contributed by atoms with Crippen LogP contribution in [0.1, 0.15) is 81.3 Å². The number of rotatable bonds is 5. The third kappa shape index (κ3) is 3.40. The number of carboxylic acid groups (broad SMARTS) is 1. The summed E-state index contributed by atoms with van der Waals surface area (Å²) in [5.41, 5.74) is 3.56. The van der Waals surface area contributed by atoms with Crippen molar-refractivity contribution >= 4 is 11.8 Å². The highest BCUT2D eigenvalue weighted by atomic mass is 16.4. The molecule has 120 valence electrons. The van der Waals surface area contributed by atoms with Crippen LogP contribution < -0.4 is 0 Å². The van der Waals surface area contributed by atoms with Crippen molar-refractivity contribution in [2.75, 3.05) is 0 Å². The SMILES string of the molecule is CC1(C)CCC(C)(C)c2cc(C(=O)CCCC(=O)O)ccc21. The molecule has 22 heavy (non-hydrogen) atoms. The van der Waals surface area contributed by atoms with Gasteiger partial charge in [-0.05, 0) is 47.3 Å². The molecule has 1 aromatic carbocycles. The first-order chi connectivity index (χ1) is 10.1. The molecule has 0 saturated carbocycles. The maximum Gasteiger partial charge on any atom is 0.303 e. The molecular weight excluding hydrogens is 276 g/mol. The van der Waals surface area contributed by atoms with Gasteiger partial charge in [0, 0.05) is 18.4 Å². The molecule has 1 N–H and O–H groups in total. The first-order valence-electron chi connectivity index (χ1n) is 8.03. The van der Waals surface area contributed by atoms with Crippen LogP contribution in [-0.2, 0) is 15.6 Å². The molecule has 1 aromatic rings. The van der Waals surface area contributed by atoms with Crippen molar-refractivity contribution < 1.29 is 14.7 Å². The van der Waals surface area contributed by atoms with Crippen LogP contribution in [0.2, 0.25) is 0 Å². The van der Waals surface area contributed by atoms with E-state index < -0.39 is 5.97 Å². The Labute approximate surface area is 132 Å². The Balaban J connectivity index is 2.26. The lowest BCUT2D eigenvalue weighted by molar-refractivity contribution is -0.137. The van der Waals surface area contributed by atoms with Crippen molar-refractivity contribution in [3.05, 3.63) is 34.9 Å². The highest BCUT2D eigenvalue weighted by molar-refractivity contribution is 5.96. The van der Waals surface area contributed by atoms with Gasteiger partial charge in [0.1, 0.15) is 0 Å². The minimum atomic E-state index is -0.846. The average molecular weight is 302 g/mol. The van der Waals surface area contributed by atoms with Crippen LogP contribution >= 0.6 is 0 Å². The van der Waals surface area contributed by atoms with Gasteiger partial charge >= 0.3 is 5.97 Å². The lowest BCUT2D eigenvalue weighted by Crippen LogP contribution is -2.34. The van der Waals surface area contributed by atoms with E-state index in [0.717, 1.165) is 18.4 Å². The number of carboxylic acids is 1. The van der Waals surface area contributed by atoms with E-state index in [1.54, 1.807) is 0 Å². The van der Waals surface area contributed by atoms with E-state index in [1.807, 2.05) is 12.1 Å². The van der Waals surface area contributed by atoms with Gasteiger partial charge in [0.25, 0.3) is 0 Å². The Kier molecular flexibility index (Phi) is 4.46. The first-order valence-corrected chi connectivity index (χ1v) is 8.03. The third-order valence-electron chi connectivity index (χ3n) is 4.97. The summed E-state index contributed by atoms with van der Waals surface area (Å²) in [5, 5.41) is 8.67. The second-order valence-corrected chi connectivity index (χ2v) is 7.70. The molecule has 1 aliphatic rings. The molecule has 0 aromatic heterocycles. The fourth-order valence-electron chi connectivity index (χ4n) is 3.31. The fourth-order valence-corrected chi connectivity index (χ4v) is 3.31. The Bertz CT molecular complexity index is 597. The van der Waals surface area contributed by atoms with E-state index in [-0.39, 0.29) is 23.0 Å². The maximum absolute atomic E-state index is 12.3. The van der Waals surface area contributed by atoms with Gasteiger partial charge in [0.2, 0.25) is 0 Å². The Hall–Kier alpha value is -1.64. The van der Waals surface area contributed by atoms with Crippen LogP contribution in [0.15, 0.2) is 18.2 Å². The van der Waals surface area contributed by atoms with E-state index in [9.17, 15) is 9.59 Å². The Morgan fingerprint density at radius 1 is 1.00 bits per heavy atom. The van der Waals surface area contributed by atoms with Crippen LogP contribution in [0.25, 0.3) is 0 Å². The van der Waals surface area contributed by atoms with Gasteiger partial charge in [-0.2, -0.15) is 0 Å². The smallest absolute Gasteiger partial charge is 0.303 e. The zero-order chi connectivity index (χ0) is 16.5. The van der Waals surface area contributed by atoms with E-state index in [2.05, 4.69) is 33.8 Å². The summed E-state index contributed by atoms with van der Waals surface area (Å²) in [6.45, 7) is 8.99. The molecule has 0 heterocycles. The van der Waals surface area contributed by atoms with Crippen LogP contribution in [0.5, 0.6) is 0 Å². The number of ketones is 1. The van der Waals surface area contributed by atoms with Gasteiger partial charge in [0.15, 0.2) is 5.78 Å². The predicted molar refractivity (Wildman–Crippen MR) is 87.5 cm³/mol. The summed E-state index contributed by atoms with van der Waals surface area (Å²) < 4.78 is 0. The van der Waals surface area contributed by atoms with Crippen LogP contribution in [-0.4, -0.2) is 16.9 Å². The number of Topliss-reactive ketones (excluding diaryl/α,β-unsaturated/α-hetero) is 1. The average Bonchev–Trinajstić information content (AvgIpc) is 2.43. The molecule has 0 aliphatic heterocycles. The zero-order valence-corrected chi connectivity index (χ0v) is 14.0. The van der Waals surface area contributed by atoms with E-state index in [4.69, 9.17) is 5.11 Å². The largest absolute Gasteiger partial charge is 0.481 e. The van der Waals surface area contributed by atoms with Crippen molar-refractivity contribution in [3.63, 3.8) is 0 Å². The maximum atomic E-state index is 12.3. The number of aliphatic carboxylic acids is 1. The first kappa shape index (κ1) is 16.7. The van der Waals surface area contributed by atoms with Gasteiger partial charge in [-0.3, -0.25) is 9.59 Å². The van der Waals surface area contributed by atoms with Gasteiger partial charge in [-0.1, -0.05) is 39.8 Å². The fraction of sp³-hybridized carbons (Fsp3) is 0.579. The van der Waals surface area contributed by atoms with Gasteiger partial charge in [0.05, 0.1) is 0 Å². The number of benzene rings is 1. The molecular formula is C19H26O3. The van der Waals surface area contributed by atoms with Crippen molar-refractivity contribution in [1.29, 1.82) is 0 Å². The molecule has 0 amide bonds. The molecule has 1 aliphatic carbocycles. The topological polar surface area (TPSA) is 54.4 Å². The van der Waals surface area contributed by atoms with Crippen molar-refractivity contribution in [3.8, 4) is 0 Å². The van der Waals surface area contributed by atoms with E-state index in [1.165, 1.54) is 11.1 Å². The van der Waals surface area contributed by atoms with E-state index >= 15 is 0 Å². The summed E-state index contributed by atoms with van der Waals surface area (Å²) in [5.74, 6) is -0.802. The molecule has 2 rings (SSSR count). The monoisotopic (exact) mass is 302 g/mol. The van der Waals surface area contributed by atoms with E-state index in [0.29, 0.717) is 12.8 Å². The van der Waals surface area contributed by atoms with Crippen LogP contribution in [0, 0.1) is 0 Å². The molecule has 0 fully saturated rings. The number of carbonyl (C=O) groups excluding carboxylic acids is 1. The molecule has 3 heteroatoms. The minimum absolute atomic E-state index is 0.0447.